The lowest BCUT2D eigenvalue weighted by atomic mass is 10.1. The highest BCUT2D eigenvalue weighted by Crippen LogP contribution is 2.20. The SMILES string of the molecule is CC(=O)OC(C#CC[Si](C)(C)C)c1ccc(Br)cc1. The van der Waals surface area contributed by atoms with Gasteiger partial charge in [-0.15, -0.1) is 5.92 Å². The molecule has 1 aromatic rings. The fourth-order valence-corrected chi connectivity index (χ4v) is 2.29. The number of benzene rings is 1. The summed E-state index contributed by atoms with van der Waals surface area (Å²) in [4.78, 5) is 11.2. The van der Waals surface area contributed by atoms with E-state index < -0.39 is 14.2 Å². The molecule has 0 fully saturated rings. The lowest BCUT2D eigenvalue weighted by Crippen LogP contribution is -2.17. The highest BCUT2D eigenvalue weighted by Gasteiger charge is 2.13. The summed E-state index contributed by atoms with van der Waals surface area (Å²) in [6.45, 7) is 8.21. The third-order valence-corrected chi connectivity index (χ3v) is 4.07. The van der Waals surface area contributed by atoms with Gasteiger partial charge in [-0.05, 0) is 12.1 Å². The summed E-state index contributed by atoms with van der Waals surface area (Å²) >= 11 is 3.39. The zero-order chi connectivity index (χ0) is 14.5. The Kier molecular flexibility index (Phi) is 5.83. The van der Waals surface area contributed by atoms with Gasteiger partial charge >= 0.3 is 5.97 Å². The number of ether oxygens (including phenoxy) is 1. The predicted molar refractivity (Wildman–Crippen MR) is 84.6 cm³/mol. The molecule has 0 saturated heterocycles. The standard InChI is InChI=1S/C15H19BrO2Si/c1-12(17)18-15(6-5-11-19(2,3)4)13-7-9-14(16)10-8-13/h7-10,15H,11H2,1-4H3. The Labute approximate surface area is 124 Å². The van der Waals surface area contributed by atoms with E-state index >= 15 is 0 Å². The van der Waals surface area contributed by atoms with Gasteiger partial charge < -0.3 is 4.74 Å². The number of halogens is 1. The fourth-order valence-electron chi connectivity index (χ4n) is 1.39. The van der Waals surface area contributed by atoms with Crippen LogP contribution in [-0.2, 0) is 9.53 Å². The molecule has 0 aliphatic carbocycles. The zero-order valence-electron chi connectivity index (χ0n) is 11.8. The second-order valence-electron chi connectivity index (χ2n) is 5.60. The van der Waals surface area contributed by atoms with Gasteiger partial charge in [0, 0.05) is 23.0 Å². The van der Waals surface area contributed by atoms with Crippen molar-refractivity contribution >= 4 is 30.0 Å². The molecule has 0 radical (unpaired) electrons. The van der Waals surface area contributed by atoms with Crippen LogP contribution < -0.4 is 0 Å². The molecule has 1 aromatic carbocycles. The maximum absolute atomic E-state index is 11.2. The van der Waals surface area contributed by atoms with Crippen LogP contribution in [0.15, 0.2) is 28.7 Å². The van der Waals surface area contributed by atoms with Gasteiger partial charge in [0.1, 0.15) is 0 Å². The largest absolute Gasteiger partial charge is 0.444 e. The van der Waals surface area contributed by atoms with Crippen LogP contribution in [0.25, 0.3) is 0 Å². The van der Waals surface area contributed by atoms with Crippen molar-refractivity contribution < 1.29 is 9.53 Å². The molecule has 0 spiro atoms. The topological polar surface area (TPSA) is 26.3 Å². The minimum atomic E-state index is -1.20. The fraction of sp³-hybridized carbons (Fsp3) is 0.400. The van der Waals surface area contributed by atoms with Crippen LogP contribution in [0.2, 0.25) is 25.7 Å². The number of rotatable bonds is 3. The molecule has 1 unspecified atom stereocenters. The van der Waals surface area contributed by atoms with Crippen molar-refractivity contribution in [3.63, 3.8) is 0 Å². The lowest BCUT2D eigenvalue weighted by Gasteiger charge is -2.13. The zero-order valence-corrected chi connectivity index (χ0v) is 14.4. The third kappa shape index (κ3) is 6.60. The smallest absolute Gasteiger partial charge is 0.304 e. The van der Waals surface area contributed by atoms with Crippen LogP contribution >= 0.6 is 15.9 Å². The Balaban J connectivity index is 2.89. The molecule has 0 heterocycles. The highest BCUT2D eigenvalue weighted by atomic mass is 79.9. The second kappa shape index (κ2) is 6.92. The van der Waals surface area contributed by atoms with E-state index in [1.54, 1.807) is 0 Å². The molecule has 4 heteroatoms. The molecule has 1 rings (SSSR count). The minimum absolute atomic E-state index is 0.310. The van der Waals surface area contributed by atoms with Crippen LogP contribution in [0, 0.1) is 11.8 Å². The maximum atomic E-state index is 11.2. The molecule has 1 atom stereocenters. The molecule has 0 aliphatic rings. The number of hydrogen-bond donors (Lipinski definition) is 0. The predicted octanol–water partition coefficient (Wildman–Crippen LogP) is 4.39. The van der Waals surface area contributed by atoms with Crippen LogP contribution in [0.3, 0.4) is 0 Å². The average Bonchev–Trinajstić information content (AvgIpc) is 2.26. The molecular weight excluding hydrogens is 320 g/mol. The van der Waals surface area contributed by atoms with Gasteiger partial charge in [0.25, 0.3) is 0 Å². The first-order chi connectivity index (χ1) is 8.78. The Morgan fingerprint density at radius 1 is 1.32 bits per heavy atom. The summed E-state index contributed by atoms with van der Waals surface area (Å²) in [5, 5.41) is 0. The van der Waals surface area contributed by atoms with Gasteiger partial charge in [0.05, 0.1) is 8.07 Å². The Morgan fingerprint density at radius 2 is 1.89 bits per heavy atom. The molecule has 0 aromatic heterocycles. The van der Waals surface area contributed by atoms with Gasteiger partial charge in [0.15, 0.2) is 6.10 Å². The molecule has 0 saturated carbocycles. The van der Waals surface area contributed by atoms with Crippen molar-refractivity contribution in [2.75, 3.05) is 0 Å². The number of esters is 1. The maximum Gasteiger partial charge on any atom is 0.304 e. The van der Waals surface area contributed by atoms with E-state index in [0.717, 1.165) is 16.1 Å². The number of carbonyl (C=O) groups excluding carboxylic acids is 1. The molecular formula is C15H19BrO2Si. The second-order valence-corrected chi connectivity index (χ2v) is 12.0. The molecule has 0 N–H and O–H groups in total. The Hall–Kier alpha value is -1.05. The van der Waals surface area contributed by atoms with Crippen molar-refractivity contribution in [2.45, 2.75) is 38.7 Å². The monoisotopic (exact) mass is 338 g/mol. The van der Waals surface area contributed by atoms with Gasteiger partial charge in [0.2, 0.25) is 0 Å². The quantitative estimate of drug-likeness (QED) is 0.464. The van der Waals surface area contributed by atoms with Crippen LogP contribution in [0.1, 0.15) is 18.6 Å². The van der Waals surface area contributed by atoms with Gasteiger partial charge in [-0.2, -0.15) is 0 Å². The third-order valence-electron chi connectivity index (χ3n) is 2.31. The number of carbonyl (C=O) groups is 1. The van der Waals surface area contributed by atoms with Crippen LogP contribution in [0.4, 0.5) is 0 Å². The molecule has 2 nitrogen and oxygen atoms in total. The summed E-state index contributed by atoms with van der Waals surface area (Å²) < 4.78 is 6.27. The number of hydrogen-bond acceptors (Lipinski definition) is 2. The Morgan fingerprint density at radius 3 is 2.37 bits per heavy atom. The van der Waals surface area contributed by atoms with E-state index in [4.69, 9.17) is 4.74 Å². The van der Waals surface area contributed by atoms with E-state index in [-0.39, 0.29) is 5.97 Å². The molecule has 0 amide bonds. The van der Waals surface area contributed by atoms with Crippen molar-refractivity contribution in [1.82, 2.24) is 0 Å². The van der Waals surface area contributed by atoms with E-state index in [1.807, 2.05) is 24.3 Å². The molecule has 0 bridgehead atoms. The summed E-state index contributed by atoms with van der Waals surface area (Å²) in [7, 11) is -1.20. The minimum Gasteiger partial charge on any atom is -0.444 e. The van der Waals surface area contributed by atoms with E-state index in [9.17, 15) is 4.79 Å². The van der Waals surface area contributed by atoms with Gasteiger partial charge in [-0.3, -0.25) is 4.79 Å². The van der Waals surface area contributed by atoms with Crippen LogP contribution in [0.5, 0.6) is 0 Å². The van der Waals surface area contributed by atoms with E-state index in [1.165, 1.54) is 6.92 Å². The normalized spacial score (nSPS) is 12.3. The van der Waals surface area contributed by atoms with Crippen LogP contribution in [-0.4, -0.2) is 14.0 Å². The summed E-state index contributed by atoms with van der Waals surface area (Å²) in [6, 6.07) is 8.58. The summed E-state index contributed by atoms with van der Waals surface area (Å²) in [5.74, 6) is 5.93. The average molecular weight is 339 g/mol. The Bertz CT molecular complexity index is 492. The lowest BCUT2D eigenvalue weighted by molar-refractivity contribution is -0.144. The highest BCUT2D eigenvalue weighted by molar-refractivity contribution is 9.10. The first-order valence-corrected chi connectivity index (χ1v) is 10.7. The molecule has 102 valence electrons. The molecule has 19 heavy (non-hydrogen) atoms. The van der Waals surface area contributed by atoms with Crippen molar-refractivity contribution in [1.29, 1.82) is 0 Å². The van der Waals surface area contributed by atoms with Gasteiger partial charge in [-0.1, -0.05) is 53.6 Å². The van der Waals surface area contributed by atoms with Crippen molar-refractivity contribution in [3.8, 4) is 11.8 Å². The molecule has 0 aliphatic heterocycles. The van der Waals surface area contributed by atoms with Gasteiger partial charge in [-0.25, -0.2) is 0 Å². The summed E-state index contributed by atoms with van der Waals surface area (Å²) in [6.07, 6.45) is -0.470. The van der Waals surface area contributed by atoms with E-state index in [0.29, 0.717) is 0 Å². The first kappa shape index (κ1) is 16.0. The van der Waals surface area contributed by atoms with Crippen molar-refractivity contribution in [2.24, 2.45) is 0 Å². The van der Waals surface area contributed by atoms with Crippen molar-refractivity contribution in [3.05, 3.63) is 34.3 Å². The summed E-state index contributed by atoms with van der Waals surface area (Å²) in [5.41, 5.74) is 0.904. The first-order valence-electron chi connectivity index (χ1n) is 6.19. The van der Waals surface area contributed by atoms with E-state index in [2.05, 4.69) is 47.4 Å².